The lowest BCUT2D eigenvalue weighted by molar-refractivity contribution is -0.114. The van der Waals surface area contributed by atoms with Crippen LogP contribution in [0.3, 0.4) is 0 Å². The Balaban J connectivity index is 1.49. The number of aryl methyl sites for hydroxylation is 1. The topological polar surface area (TPSA) is 45.6 Å². The Morgan fingerprint density at radius 2 is 1.79 bits per heavy atom. The first-order chi connectivity index (χ1) is 16.1. The lowest BCUT2D eigenvalue weighted by Crippen LogP contribution is -2.21. The Bertz CT molecular complexity index is 1340. The van der Waals surface area contributed by atoms with E-state index < -0.39 is 0 Å². The Morgan fingerprint density at radius 3 is 2.52 bits per heavy atom. The number of hydrazone groups is 1. The maximum atomic E-state index is 13.5. The van der Waals surface area contributed by atoms with Gasteiger partial charge in [0, 0.05) is 15.7 Å². The van der Waals surface area contributed by atoms with Gasteiger partial charge < -0.3 is 0 Å². The van der Waals surface area contributed by atoms with Gasteiger partial charge in [-0.3, -0.25) is 4.79 Å². The molecular formula is C26H20ClN3OS2. The first kappa shape index (κ1) is 21.9. The molecule has 0 atom stereocenters. The van der Waals surface area contributed by atoms with E-state index in [1.165, 1.54) is 21.9 Å². The number of para-hydroxylation sites is 1. The molecule has 0 radical (unpaired) electrons. The predicted molar refractivity (Wildman–Crippen MR) is 141 cm³/mol. The summed E-state index contributed by atoms with van der Waals surface area (Å²) in [5, 5.41) is 7.43. The van der Waals surface area contributed by atoms with Crippen molar-refractivity contribution in [3.63, 3.8) is 0 Å². The van der Waals surface area contributed by atoms with E-state index in [9.17, 15) is 4.79 Å². The number of hydrogen-bond donors (Lipinski definition) is 0. The van der Waals surface area contributed by atoms with E-state index in [-0.39, 0.29) is 5.91 Å². The molecular weight excluding hydrogens is 470 g/mol. The Hall–Kier alpha value is -2.93. The highest BCUT2D eigenvalue weighted by Gasteiger charge is 2.33. The van der Waals surface area contributed by atoms with Crippen molar-refractivity contribution in [3.8, 4) is 0 Å². The monoisotopic (exact) mass is 489 g/mol. The zero-order valence-corrected chi connectivity index (χ0v) is 20.3. The molecule has 7 heteroatoms. The normalized spacial score (nSPS) is 15.0. The van der Waals surface area contributed by atoms with Crippen LogP contribution in [0, 0.1) is 0 Å². The van der Waals surface area contributed by atoms with Crippen LogP contribution in [0.2, 0.25) is 5.02 Å². The third-order valence-corrected chi connectivity index (χ3v) is 7.59. The van der Waals surface area contributed by atoms with Crippen LogP contribution >= 0.6 is 34.7 Å². The first-order valence-corrected chi connectivity index (χ1v) is 12.8. The second kappa shape index (κ2) is 9.51. The molecule has 0 unspecified atom stereocenters. The Kier molecular flexibility index (Phi) is 6.31. The second-order valence-electron chi connectivity index (χ2n) is 7.52. The van der Waals surface area contributed by atoms with E-state index in [2.05, 4.69) is 24.0 Å². The molecule has 0 bridgehead atoms. The average Bonchev–Trinajstić information content (AvgIpc) is 3.40. The quantitative estimate of drug-likeness (QED) is 0.214. The summed E-state index contributed by atoms with van der Waals surface area (Å²) in [5.41, 5.74) is 4.44. The fourth-order valence-electron chi connectivity index (χ4n) is 3.49. The van der Waals surface area contributed by atoms with Gasteiger partial charge in [-0.05, 0) is 60.0 Å². The summed E-state index contributed by atoms with van der Waals surface area (Å²) in [5.74, 6) is 0.411. The van der Waals surface area contributed by atoms with Crippen LogP contribution in [-0.2, 0) is 11.2 Å². The van der Waals surface area contributed by atoms with Crippen LogP contribution in [0.25, 0.3) is 16.3 Å². The highest BCUT2D eigenvalue weighted by Crippen LogP contribution is 2.34. The third-order valence-electron chi connectivity index (χ3n) is 5.31. The molecule has 1 aromatic heterocycles. The molecule has 0 saturated heterocycles. The number of fused-ring (bicyclic) bond motifs is 1. The number of amides is 1. The fourth-order valence-corrected chi connectivity index (χ4v) is 5.38. The number of thiazole rings is 1. The highest BCUT2D eigenvalue weighted by molar-refractivity contribution is 8.00. The van der Waals surface area contributed by atoms with Crippen molar-refractivity contribution >= 4 is 67.7 Å². The van der Waals surface area contributed by atoms with Crippen molar-refractivity contribution < 1.29 is 4.79 Å². The zero-order valence-electron chi connectivity index (χ0n) is 17.9. The van der Waals surface area contributed by atoms with Crippen molar-refractivity contribution in [1.82, 2.24) is 4.98 Å². The number of halogens is 1. The van der Waals surface area contributed by atoms with Crippen molar-refractivity contribution in [1.29, 1.82) is 0 Å². The van der Waals surface area contributed by atoms with Crippen molar-refractivity contribution in [2.75, 3.05) is 10.8 Å². The molecule has 4 nitrogen and oxygen atoms in total. The van der Waals surface area contributed by atoms with Crippen molar-refractivity contribution in [2.24, 2.45) is 5.10 Å². The lowest BCUT2D eigenvalue weighted by Gasteiger charge is -2.06. The van der Waals surface area contributed by atoms with Gasteiger partial charge >= 0.3 is 0 Å². The summed E-state index contributed by atoms with van der Waals surface area (Å²) in [6.07, 6.45) is 2.90. The summed E-state index contributed by atoms with van der Waals surface area (Å²) in [7, 11) is 0. The van der Waals surface area contributed by atoms with E-state index in [1.807, 2.05) is 66.7 Å². The number of rotatable bonds is 6. The minimum atomic E-state index is -0.152. The van der Waals surface area contributed by atoms with Gasteiger partial charge in [0.25, 0.3) is 5.91 Å². The van der Waals surface area contributed by atoms with Gasteiger partial charge in [0.1, 0.15) is 0 Å². The molecule has 2 heterocycles. The highest BCUT2D eigenvalue weighted by atomic mass is 35.5. The smallest absolute Gasteiger partial charge is 0.267 e. The summed E-state index contributed by atoms with van der Waals surface area (Å²) in [6.45, 7) is 2.13. The van der Waals surface area contributed by atoms with Gasteiger partial charge in [-0.15, -0.1) is 11.8 Å². The molecule has 0 aliphatic carbocycles. The Labute approximate surface area is 205 Å². The first-order valence-electron chi connectivity index (χ1n) is 10.6. The average molecular weight is 490 g/mol. The van der Waals surface area contributed by atoms with Gasteiger partial charge in [-0.25, -0.2) is 4.98 Å². The summed E-state index contributed by atoms with van der Waals surface area (Å²) >= 11 is 9.11. The SMILES string of the molecule is CCc1ccc(/C=C2\C(=O)N(c3nc4ccccc4s3)N=C2CSc2ccc(Cl)cc2)cc1. The molecule has 3 aromatic carbocycles. The zero-order chi connectivity index (χ0) is 22.8. The fraction of sp³-hybridized carbons (Fsp3) is 0.115. The number of carbonyl (C=O) groups is 1. The van der Waals surface area contributed by atoms with Gasteiger partial charge in [0.15, 0.2) is 0 Å². The van der Waals surface area contributed by atoms with Crippen LogP contribution in [0.4, 0.5) is 5.13 Å². The molecule has 164 valence electrons. The van der Waals surface area contributed by atoms with Crippen LogP contribution in [0.15, 0.2) is 88.4 Å². The molecule has 0 saturated carbocycles. The number of hydrogen-bond acceptors (Lipinski definition) is 5. The molecule has 1 amide bonds. The third kappa shape index (κ3) is 4.74. The number of carbonyl (C=O) groups excluding carboxylic acids is 1. The molecule has 0 fully saturated rings. The summed E-state index contributed by atoms with van der Waals surface area (Å²) < 4.78 is 1.03. The van der Waals surface area contributed by atoms with Crippen molar-refractivity contribution in [2.45, 2.75) is 18.2 Å². The minimum Gasteiger partial charge on any atom is -0.267 e. The molecule has 0 N–H and O–H groups in total. The summed E-state index contributed by atoms with van der Waals surface area (Å²) in [4.78, 5) is 19.2. The van der Waals surface area contributed by atoms with Crippen LogP contribution in [0.5, 0.6) is 0 Å². The molecule has 5 rings (SSSR count). The van der Waals surface area contributed by atoms with E-state index in [0.29, 0.717) is 21.5 Å². The maximum absolute atomic E-state index is 13.5. The second-order valence-corrected chi connectivity index (χ2v) is 10.0. The number of aromatic nitrogens is 1. The number of nitrogens with zero attached hydrogens (tertiary/aromatic N) is 3. The van der Waals surface area contributed by atoms with E-state index in [0.717, 1.165) is 32.8 Å². The largest absolute Gasteiger partial charge is 0.282 e. The molecule has 33 heavy (non-hydrogen) atoms. The molecule has 4 aromatic rings. The van der Waals surface area contributed by atoms with Gasteiger partial charge in [0.2, 0.25) is 5.13 Å². The Morgan fingerprint density at radius 1 is 1.03 bits per heavy atom. The number of benzene rings is 3. The van der Waals surface area contributed by atoms with Crippen LogP contribution in [-0.4, -0.2) is 22.4 Å². The van der Waals surface area contributed by atoms with Crippen LogP contribution in [0.1, 0.15) is 18.1 Å². The minimum absolute atomic E-state index is 0.152. The van der Waals surface area contributed by atoms with Gasteiger partial charge in [-0.2, -0.15) is 10.1 Å². The van der Waals surface area contributed by atoms with E-state index >= 15 is 0 Å². The number of anilines is 1. The summed E-state index contributed by atoms with van der Waals surface area (Å²) in [6, 6.07) is 23.8. The van der Waals surface area contributed by atoms with Gasteiger partial charge in [0.05, 0.1) is 21.5 Å². The molecule has 1 aliphatic rings. The maximum Gasteiger partial charge on any atom is 0.282 e. The number of thioether (sulfide) groups is 1. The predicted octanol–water partition coefficient (Wildman–Crippen LogP) is 7.09. The van der Waals surface area contributed by atoms with Crippen LogP contribution < -0.4 is 5.01 Å². The lowest BCUT2D eigenvalue weighted by atomic mass is 10.1. The van der Waals surface area contributed by atoms with E-state index in [1.54, 1.807) is 11.8 Å². The van der Waals surface area contributed by atoms with Gasteiger partial charge in [-0.1, -0.05) is 66.3 Å². The standard InChI is InChI=1S/C26H20ClN3OS2/c1-2-17-7-9-18(10-8-17)15-21-23(16-32-20-13-11-19(27)12-14-20)29-30(25(21)31)26-28-22-5-3-4-6-24(22)33-26/h3-15H,2,16H2,1H3/b21-15-. The molecule has 1 aliphatic heterocycles. The van der Waals surface area contributed by atoms with Crippen molar-refractivity contribution in [3.05, 3.63) is 94.5 Å². The molecule has 0 spiro atoms. The van der Waals surface area contributed by atoms with E-state index in [4.69, 9.17) is 16.7 Å².